The van der Waals surface area contributed by atoms with Gasteiger partial charge in [-0.3, -0.25) is 9.79 Å². The van der Waals surface area contributed by atoms with E-state index in [4.69, 9.17) is 9.79 Å². The summed E-state index contributed by atoms with van der Waals surface area (Å²) in [5, 5.41) is 0. The quantitative estimate of drug-likeness (QED) is 0.824. The molecule has 2 rings (SSSR count). The average molecular weight is 272 g/mol. The number of fused-ring (bicyclic) bond motifs is 1. The van der Waals surface area contributed by atoms with Crippen LogP contribution in [0.1, 0.15) is 45.1 Å². The van der Waals surface area contributed by atoms with Crippen molar-refractivity contribution in [2.45, 2.75) is 39.5 Å². The van der Waals surface area contributed by atoms with Crippen molar-refractivity contribution < 1.29 is 4.79 Å². The second kappa shape index (κ2) is 9.08. The molecule has 1 aliphatic rings. The fourth-order valence-corrected chi connectivity index (χ4v) is 2.37. The van der Waals surface area contributed by atoms with Crippen LogP contribution in [0.3, 0.4) is 0 Å². The first-order chi connectivity index (χ1) is 9.76. The van der Waals surface area contributed by atoms with E-state index >= 15 is 0 Å². The summed E-state index contributed by atoms with van der Waals surface area (Å²) in [7, 11) is 0. The van der Waals surface area contributed by atoms with Crippen LogP contribution in [0.25, 0.3) is 6.08 Å². The van der Waals surface area contributed by atoms with Gasteiger partial charge >= 0.3 is 0 Å². The van der Waals surface area contributed by atoms with Crippen molar-refractivity contribution in [1.29, 1.82) is 0 Å². The molecule has 1 unspecified atom stereocenters. The number of para-hydroxylation sites is 1. The summed E-state index contributed by atoms with van der Waals surface area (Å²) in [5.74, 6) is 0.535. The van der Waals surface area contributed by atoms with Crippen molar-refractivity contribution in [1.82, 2.24) is 0 Å². The summed E-state index contributed by atoms with van der Waals surface area (Å²) >= 11 is 0. The Balaban J connectivity index is 0.000000612. The molecule has 1 atom stereocenters. The maximum absolute atomic E-state index is 8.58. The van der Waals surface area contributed by atoms with Gasteiger partial charge in [0, 0.05) is 11.6 Å². The highest BCUT2D eigenvalue weighted by molar-refractivity contribution is 5.93. The SMILES string of the molecule is CCCC1=Nc2ccccc2C=CC1CCC.NC=O. The molecular formula is C17H24N2O. The number of benzene rings is 1. The molecule has 0 saturated carbocycles. The first-order valence-electron chi connectivity index (χ1n) is 7.26. The Hall–Kier alpha value is -1.90. The van der Waals surface area contributed by atoms with Crippen molar-refractivity contribution in [3.63, 3.8) is 0 Å². The molecule has 0 fully saturated rings. The highest BCUT2D eigenvalue weighted by atomic mass is 16.1. The highest BCUT2D eigenvalue weighted by Crippen LogP contribution is 2.28. The van der Waals surface area contributed by atoms with Crippen LogP contribution in [0, 0.1) is 5.92 Å². The van der Waals surface area contributed by atoms with Gasteiger partial charge in [-0.15, -0.1) is 0 Å². The summed E-state index contributed by atoms with van der Waals surface area (Å²) in [5.41, 5.74) is 7.90. The van der Waals surface area contributed by atoms with Gasteiger partial charge < -0.3 is 5.73 Å². The van der Waals surface area contributed by atoms with Crippen molar-refractivity contribution >= 4 is 23.9 Å². The molecule has 1 amide bonds. The lowest BCUT2D eigenvalue weighted by Crippen LogP contribution is -2.11. The lowest BCUT2D eigenvalue weighted by Gasteiger charge is -2.13. The van der Waals surface area contributed by atoms with Crippen LogP contribution >= 0.6 is 0 Å². The van der Waals surface area contributed by atoms with Crippen molar-refractivity contribution in [3.8, 4) is 0 Å². The summed E-state index contributed by atoms with van der Waals surface area (Å²) in [6.45, 7) is 4.47. The van der Waals surface area contributed by atoms with Crippen LogP contribution in [-0.4, -0.2) is 12.1 Å². The molecule has 3 heteroatoms. The Labute approximate surface area is 121 Å². The Bertz CT molecular complexity index is 478. The number of aliphatic imine (C=N–C) groups is 1. The number of rotatable bonds is 4. The van der Waals surface area contributed by atoms with Gasteiger partial charge in [-0.05, 0) is 24.5 Å². The zero-order valence-electron chi connectivity index (χ0n) is 12.4. The molecule has 20 heavy (non-hydrogen) atoms. The molecular weight excluding hydrogens is 248 g/mol. The fraction of sp³-hybridized carbons (Fsp3) is 0.412. The van der Waals surface area contributed by atoms with E-state index in [1.807, 2.05) is 0 Å². The minimum absolute atomic E-state index is 0.250. The largest absolute Gasteiger partial charge is 0.372 e. The predicted octanol–water partition coefficient (Wildman–Crippen LogP) is 4.10. The number of hydrogen-bond acceptors (Lipinski definition) is 2. The number of hydrogen-bond donors (Lipinski definition) is 1. The molecule has 1 aliphatic heterocycles. The third-order valence-electron chi connectivity index (χ3n) is 3.24. The third-order valence-corrected chi connectivity index (χ3v) is 3.24. The van der Waals surface area contributed by atoms with E-state index < -0.39 is 0 Å². The van der Waals surface area contributed by atoms with E-state index in [-0.39, 0.29) is 6.41 Å². The zero-order valence-corrected chi connectivity index (χ0v) is 12.4. The second-order valence-corrected chi connectivity index (χ2v) is 4.80. The van der Waals surface area contributed by atoms with Crippen LogP contribution in [0.4, 0.5) is 5.69 Å². The van der Waals surface area contributed by atoms with Gasteiger partial charge in [0.25, 0.3) is 0 Å². The topological polar surface area (TPSA) is 55.4 Å². The maximum Gasteiger partial charge on any atom is 0.204 e. The smallest absolute Gasteiger partial charge is 0.204 e. The van der Waals surface area contributed by atoms with Gasteiger partial charge in [0.1, 0.15) is 0 Å². The van der Waals surface area contributed by atoms with Crippen molar-refractivity contribution in [2.24, 2.45) is 16.6 Å². The molecule has 108 valence electrons. The van der Waals surface area contributed by atoms with E-state index in [1.165, 1.54) is 30.5 Å². The Morgan fingerprint density at radius 2 is 1.95 bits per heavy atom. The second-order valence-electron chi connectivity index (χ2n) is 4.80. The van der Waals surface area contributed by atoms with Crippen molar-refractivity contribution in [3.05, 3.63) is 35.9 Å². The normalized spacial score (nSPS) is 16.3. The Morgan fingerprint density at radius 3 is 2.60 bits per heavy atom. The van der Waals surface area contributed by atoms with Gasteiger partial charge in [-0.1, -0.05) is 57.0 Å². The summed E-state index contributed by atoms with van der Waals surface area (Å²) in [4.78, 5) is 13.5. The first-order valence-corrected chi connectivity index (χ1v) is 7.26. The molecule has 1 aromatic carbocycles. The molecule has 1 aromatic rings. The number of carbonyl (C=O) groups excluding carboxylic acids is 1. The van der Waals surface area contributed by atoms with E-state index in [2.05, 4.69) is 56.0 Å². The first kappa shape index (κ1) is 16.2. The lowest BCUT2D eigenvalue weighted by atomic mass is 9.94. The van der Waals surface area contributed by atoms with Gasteiger partial charge in [-0.25, -0.2) is 0 Å². The van der Waals surface area contributed by atoms with Crippen LogP contribution in [0.5, 0.6) is 0 Å². The Kier molecular flexibility index (Phi) is 7.33. The number of nitrogens with zero attached hydrogens (tertiary/aromatic N) is 1. The minimum atomic E-state index is 0.250. The number of carbonyl (C=O) groups is 1. The van der Waals surface area contributed by atoms with Gasteiger partial charge in [-0.2, -0.15) is 0 Å². The summed E-state index contributed by atoms with van der Waals surface area (Å²) < 4.78 is 0. The van der Waals surface area contributed by atoms with Crippen LogP contribution in [0.2, 0.25) is 0 Å². The van der Waals surface area contributed by atoms with E-state index in [0.29, 0.717) is 5.92 Å². The molecule has 1 heterocycles. The molecule has 0 spiro atoms. The van der Waals surface area contributed by atoms with E-state index in [0.717, 1.165) is 12.1 Å². The molecule has 0 aromatic heterocycles. The zero-order chi connectivity index (χ0) is 14.8. The van der Waals surface area contributed by atoms with Gasteiger partial charge in [0.2, 0.25) is 6.41 Å². The molecule has 3 nitrogen and oxygen atoms in total. The number of primary amides is 1. The molecule has 0 radical (unpaired) electrons. The lowest BCUT2D eigenvalue weighted by molar-refractivity contribution is -0.106. The highest BCUT2D eigenvalue weighted by Gasteiger charge is 2.15. The van der Waals surface area contributed by atoms with Crippen molar-refractivity contribution in [2.75, 3.05) is 0 Å². The maximum atomic E-state index is 8.58. The number of allylic oxidation sites excluding steroid dienone is 1. The minimum Gasteiger partial charge on any atom is -0.372 e. The fourth-order valence-electron chi connectivity index (χ4n) is 2.37. The van der Waals surface area contributed by atoms with Crippen LogP contribution in [-0.2, 0) is 4.79 Å². The number of amides is 1. The van der Waals surface area contributed by atoms with E-state index in [1.54, 1.807) is 0 Å². The van der Waals surface area contributed by atoms with Crippen LogP contribution < -0.4 is 5.73 Å². The molecule has 0 aliphatic carbocycles. The molecule has 0 saturated heterocycles. The third kappa shape index (κ3) is 4.65. The monoisotopic (exact) mass is 272 g/mol. The average Bonchev–Trinajstić information content (AvgIpc) is 2.61. The summed E-state index contributed by atoms with van der Waals surface area (Å²) in [6, 6.07) is 8.41. The molecule has 2 N–H and O–H groups in total. The van der Waals surface area contributed by atoms with Crippen LogP contribution in [0.15, 0.2) is 35.3 Å². The van der Waals surface area contributed by atoms with Gasteiger partial charge in [0.15, 0.2) is 0 Å². The number of nitrogens with two attached hydrogens (primary N) is 1. The standard InChI is InChI=1S/C16H21N.CH3NO/c1-3-7-13-11-12-14-9-5-6-10-16(14)17-15(13)8-4-2;2-1-3/h5-6,9-13H,3-4,7-8H2,1-2H3;1H,(H2,2,3). The predicted molar refractivity (Wildman–Crippen MR) is 86.1 cm³/mol. The van der Waals surface area contributed by atoms with E-state index in [9.17, 15) is 0 Å². The molecule has 0 bridgehead atoms. The Morgan fingerprint density at radius 1 is 1.25 bits per heavy atom. The summed E-state index contributed by atoms with van der Waals surface area (Å²) in [6.07, 6.45) is 9.54. The van der Waals surface area contributed by atoms with Gasteiger partial charge in [0.05, 0.1) is 5.69 Å².